The van der Waals surface area contributed by atoms with E-state index in [0.717, 1.165) is 18.5 Å². The summed E-state index contributed by atoms with van der Waals surface area (Å²) >= 11 is 0. The van der Waals surface area contributed by atoms with E-state index < -0.39 is 6.23 Å². The highest BCUT2D eigenvalue weighted by Gasteiger charge is 2.03. The van der Waals surface area contributed by atoms with Crippen molar-refractivity contribution in [3.8, 4) is 0 Å². The molecule has 1 radical (unpaired) electrons. The van der Waals surface area contributed by atoms with Gasteiger partial charge in [-0.15, -0.1) is 0 Å². The van der Waals surface area contributed by atoms with Gasteiger partial charge in [0.2, 0.25) is 0 Å². The Kier molecular flexibility index (Phi) is 13.6. The highest BCUT2D eigenvalue weighted by atomic mass is 16.3. The molecule has 0 saturated heterocycles. The van der Waals surface area contributed by atoms with E-state index in [1.54, 1.807) is 0 Å². The number of para-hydroxylation sites is 1. The fraction of sp³-hybridized carbons (Fsp3) is 0.727. The van der Waals surface area contributed by atoms with Gasteiger partial charge in [-0.25, -0.2) is 0 Å². The van der Waals surface area contributed by atoms with Gasteiger partial charge in [0.15, 0.2) is 0 Å². The van der Waals surface area contributed by atoms with Gasteiger partial charge in [-0.05, 0) is 18.9 Å². The fourth-order valence-electron chi connectivity index (χ4n) is 3.09. The van der Waals surface area contributed by atoms with Crippen LogP contribution in [0.4, 0.5) is 5.69 Å². The van der Waals surface area contributed by atoms with E-state index in [9.17, 15) is 5.11 Å². The van der Waals surface area contributed by atoms with E-state index in [1.165, 1.54) is 77.0 Å². The SMILES string of the molecule is CCCCCCCCCCCCCCCC(O)Nc1[c]cccc1. The van der Waals surface area contributed by atoms with Crippen molar-refractivity contribution < 1.29 is 5.11 Å². The summed E-state index contributed by atoms with van der Waals surface area (Å²) in [4.78, 5) is 0. The lowest BCUT2D eigenvalue weighted by atomic mass is 10.0. The highest BCUT2D eigenvalue weighted by molar-refractivity contribution is 5.41. The molecule has 1 aromatic rings. The van der Waals surface area contributed by atoms with Crippen molar-refractivity contribution in [1.82, 2.24) is 0 Å². The molecule has 0 aliphatic carbocycles. The van der Waals surface area contributed by atoms with Gasteiger partial charge in [0.1, 0.15) is 6.23 Å². The molecular weight excluding hydrogens is 294 g/mol. The molecule has 137 valence electrons. The molecule has 1 atom stereocenters. The first kappa shape index (κ1) is 21.0. The molecule has 1 unspecified atom stereocenters. The molecule has 0 aliphatic heterocycles. The average molecular weight is 333 g/mol. The zero-order chi connectivity index (χ0) is 17.3. The molecule has 0 heterocycles. The minimum absolute atomic E-state index is 0.448. The molecule has 1 rings (SSSR count). The second-order valence-electron chi connectivity index (χ2n) is 6.97. The fourth-order valence-corrected chi connectivity index (χ4v) is 3.09. The molecule has 0 bridgehead atoms. The summed E-state index contributed by atoms with van der Waals surface area (Å²) in [6, 6.07) is 10.8. The number of rotatable bonds is 16. The maximum Gasteiger partial charge on any atom is 0.124 e. The Balaban J connectivity index is 1.80. The van der Waals surface area contributed by atoms with Crippen LogP contribution in [0.1, 0.15) is 96.8 Å². The van der Waals surface area contributed by atoms with Crippen molar-refractivity contribution in [1.29, 1.82) is 0 Å². The standard InChI is InChI=1S/C22H38NO/c1-2-3-4-5-6-7-8-9-10-11-12-13-17-20-22(24)23-21-18-15-14-16-19-21/h14-16,18,22-24H,2-13,17,20H2,1H3. The second kappa shape index (κ2) is 15.5. The van der Waals surface area contributed by atoms with Crippen LogP contribution in [0.3, 0.4) is 0 Å². The number of benzene rings is 1. The number of hydrogen-bond donors (Lipinski definition) is 2. The van der Waals surface area contributed by atoms with Gasteiger partial charge in [-0.2, -0.15) is 0 Å². The van der Waals surface area contributed by atoms with E-state index in [0.29, 0.717) is 0 Å². The summed E-state index contributed by atoms with van der Waals surface area (Å²) in [5.41, 5.74) is 0.875. The quantitative estimate of drug-likeness (QED) is 0.261. The zero-order valence-corrected chi connectivity index (χ0v) is 15.7. The molecular formula is C22H38NO. The second-order valence-corrected chi connectivity index (χ2v) is 6.97. The minimum Gasteiger partial charge on any atom is -0.374 e. The van der Waals surface area contributed by atoms with Gasteiger partial charge < -0.3 is 10.4 Å². The first-order valence-corrected chi connectivity index (χ1v) is 10.2. The average Bonchev–Trinajstić information content (AvgIpc) is 2.60. The monoisotopic (exact) mass is 332 g/mol. The van der Waals surface area contributed by atoms with Crippen molar-refractivity contribution >= 4 is 5.69 Å². The van der Waals surface area contributed by atoms with Crippen LogP contribution in [0.5, 0.6) is 0 Å². The Bertz CT molecular complexity index is 365. The highest BCUT2D eigenvalue weighted by Crippen LogP contribution is 2.14. The molecule has 0 aromatic heterocycles. The van der Waals surface area contributed by atoms with Crippen LogP contribution in [0.15, 0.2) is 24.3 Å². The lowest BCUT2D eigenvalue weighted by Crippen LogP contribution is -2.18. The Morgan fingerprint density at radius 1 is 0.833 bits per heavy atom. The first-order valence-electron chi connectivity index (χ1n) is 10.2. The predicted octanol–water partition coefficient (Wildman–Crippen LogP) is 6.70. The minimum atomic E-state index is -0.448. The van der Waals surface area contributed by atoms with Gasteiger partial charge in [0.25, 0.3) is 0 Å². The lowest BCUT2D eigenvalue weighted by Gasteiger charge is -2.13. The number of anilines is 1. The van der Waals surface area contributed by atoms with Gasteiger partial charge in [-0.1, -0.05) is 102 Å². The van der Waals surface area contributed by atoms with E-state index in [1.807, 2.05) is 24.3 Å². The third-order valence-electron chi connectivity index (χ3n) is 4.61. The smallest absolute Gasteiger partial charge is 0.124 e. The normalized spacial score (nSPS) is 12.2. The summed E-state index contributed by atoms with van der Waals surface area (Å²) in [6.45, 7) is 2.28. The molecule has 0 aliphatic rings. The van der Waals surface area contributed by atoms with E-state index in [2.05, 4.69) is 18.3 Å². The Hall–Kier alpha value is -1.02. The Morgan fingerprint density at radius 2 is 1.38 bits per heavy atom. The number of nitrogens with one attached hydrogen (secondary N) is 1. The van der Waals surface area contributed by atoms with Gasteiger partial charge >= 0.3 is 0 Å². The summed E-state index contributed by atoms with van der Waals surface area (Å²) in [6.07, 6.45) is 18.0. The Morgan fingerprint density at radius 3 is 1.88 bits per heavy atom. The van der Waals surface area contributed by atoms with E-state index >= 15 is 0 Å². The predicted molar refractivity (Wildman–Crippen MR) is 105 cm³/mol. The lowest BCUT2D eigenvalue weighted by molar-refractivity contribution is 0.188. The van der Waals surface area contributed by atoms with Crippen molar-refractivity contribution in [2.75, 3.05) is 5.32 Å². The summed E-state index contributed by atoms with van der Waals surface area (Å²) in [5.74, 6) is 0. The van der Waals surface area contributed by atoms with Gasteiger partial charge in [0, 0.05) is 11.8 Å². The van der Waals surface area contributed by atoms with Gasteiger partial charge in [-0.3, -0.25) is 0 Å². The molecule has 0 spiro atoms. The third-order valence-corrected chi connectivity index (χ3v) is 4.61. The zero-order valence-electron chi connectivity index (χ0n) is 15.7. The molecule has 2 heteroatoms. The maximum atomic E-state index is 9.95. The maximum absolute atomic E-state index is 9.95. The van der Waals surface area contributed by atoms with Crippen LogP contribution in [0, 0.1) is 6.07 Å². The van der Waals surface area contributed by atoms with Crippen molar-refractivity contribution in [2.24, 2.45) is 0 Å². The summed E-state index contributed by atoms with van der Waals surface area (Å²) in [7, 11) is 0. The third kappa shape index (κ3) is 12.4. The Labute approximate surface area is 150 Å². The topological polar surface area (TPSA) is 32.3 Å². The number of unbranched alkanes of at least 4 members (excludes halogenated alkanes) is 12. The van der Waals surface area contributed by atoms with Crippen LogP contribution < -0.4 is 5.32 Å². The molecule has 0 fully saturated rings. The molecule has 0 saturated carbocycles. The van der Waals surface area contributed by atoms with Crippen LogP contribution in [-0.4, -0.2) is 11.3 Å². The van der Waals surface area contributed by atoms with Crippen molar-refractivity contribution in [2.45, 2.75) is 103 Å². The van der Waals surface area contributed by atoms with Crippen molar-refractivity contribution in [3.63, 3.8) is 0 Å². The number of aliphatic hydroxyl groups excluding tert-OH is 1. The molecule has 2 N–H and O–H groups in total. The first-order chi connectivity index (χ1) is 11.8. The van der Waals surface area contributed by atoms with Gasteiger partial charge in [0.05, 0.1) is 0 Å². The summed E-state index contributed by atoms with van der Waals surface area (Å²) in [5, 5.41) is 13.0. The van der Waals surface area contributed by atoms with Crippen LogP contribution >= 0.6 is 0 Å². The molecule has 0 amide bonds. The van der Waals surface area contributed by atoms with Crippen LogP contribution in [0.25, 0.3) is 0 Å². The largest absolute Gasteiger partial charge is 0.374 e. The molecule has 2 nitrogen and oxygen atoms in total. The van der Waals surface area contributed by atoms with Crippen LogP contribution in [0.2, 0.25) is 0 Å². The molecule has 1 aromatic carbocycles. The van der Waals surface area contributed by atoms with E-state index in [4.69, 9.17) is 0 Å². The number of aliphatic hydroxyl groups is 1. The summed E-state index contributed by atoms with van der Waals surface area (Å²) < 4.78 is 0. The van der Waals surface area contributed by atoms with Crippen molar-refractivity contribution in [3.05, 3.63) is 30.3 Å². The van der Waals surface area contributed by atoms with Crippen LogP contribution in [-0.2, 0) is 0 Å². The number of hydrogen-bond acceptors (Lipinski definition) is 2. The van der Waals surface area contributed by atoms with E-state index in [-0.39, 0.29) is 0 Å². The molecule has 24 heavy (non-hydrogen) atoms.